The number of unbranched alkanes of at least 4 members (excludes halogenated alkanes) is 10. The maximum Gasteiger partial charge on any atom is 0.270 e. The number of nitrogens with one attached hydrogen (secondary N) is 4. The SMILES string of the molecule is C=Cc1cc(C(=O)NNC(=O)c2ccc(OCCCCCCCC)cc2)ccc1C(=O)NNC(=O)c1ccc(OCCCCCCCC)cc1. The Morgan fingerprint density at radius 3 is 1.34 bits per heavy atom. The van der Waals surface area contributed by atoms with Crippen molar-refractivity contribution in [2.45, 2.75) is 90.9 Å². The number of hydrogen-bond acceptors (Lipinski definition) is 6. The minimum absolute atomic E-state index is 0.193. The first-order valence-electron chi connectivity index (χ1n) is 17.8. The number of amides is 4. The Morgan fingerprint density at radius 1 is 0.520 bits per heavy atom. The van der Waals surface area contributed by atoms with E-state index in [1.54, 1.807) is 48.5 Å². The lowest BCUT2D eigenvalue weighted by atomic mass is 10.0. The van der Waals surface area contributed by atoms with Crippen LogP contribution in [0.15, 0.2) is 73.3 Å². The fourth-order valence-electron chi connectivity index (χ4n) is 5.14. The van der Waals surface area contributed by atoms with E-state index in [-0.39, 0.29) is 11.1 Å². The third-order valence-corrected chi connectivity index (χ3v) is 8.12. The summed E-state index contributed by atoms with van der Waals surface area (Å²) in [4.78, 5) is 50.9. The molecule has 0 heterocycles. The third-order valence-electron chi connectivity index (χ3n) is 8.12. The zero-order valence-electron chi connectivity index (χ0n) is 29.5. The predicted molar refractivity (Wildman–Crippen MR) is 197 cm³/mol. The van der Waals surface area contributed by atoms with Gasteiger partial charge in [-0.1, -0.05) is 90.7 Å². The van der Waals surface area contributed by atoms with E-state index in [9.17, 15) is 19.2 Å². The van der Waals surface area contributed by atoms with Gasteiger partial charge in [-0.2, -0.15) is 0 Å². The van der Waals surface area contributed by atoms with E-state index in [0.29, 0.717) is 41.4 Å². The lowest BCUT2D eigenvalue weighted by Crippen LogP contribution is -2.42. The van der Waals surface area contributed by atoms with Gasteiger partial charge in [0.25, 0.3) is 23.6 Å². The average molecular weight is 685 g/mol. The second-order valence-electron chi connectivity index (χ2n) is 12.1. The Hall–Kier alpha value is -5.12. The number of rotatable bonds is 21. The summed E-state index contributed by atoms with van der Waals surface area (Å²) in [6.07, 6.45) is 15.6. The highest BCUT2D eigenvalue weighted by atomic mass is 16.5. The summed E-state index contributed by atoms with van der Waals surface area (Å²) in [5.41, 5.74) is 11.0. The van der Waals surface area contributed by atoms with Crippen LogP contribution >= 0.6 is 0 Å². The molecule has 0 radical (unpaired) electrons. The fourth-order valence-corrected chi connectivity index (χ4v) is 5.14. The largest absolute Gasteiger partial charge is 0.494 e. The van der Waals surface area contributed by atoms with Crippen molar-refractivity contribution in [1.82, 2.24) is 21.7 Å². The van der Waals surface area contributed by atoms with Gasteiger partial charge in [-0.3, -0.25) is 40.9 Å². The molecule has 3 rings (SSSR count). The van der Waals surface area contributed by atoms with Crippen molar-refractivity contribution in [1.29, 1.82) is 0 Å². The first-order chi connectivity index (χ1) is 24.4. The molecule has 0 aromatic heterocycles. The van der Waals surface area contributed by atoms with Gasteiger partial charge in [-0.25, -0.2) is 0 Å². The molecule has 0 atom stereocenters. The van der Waals surface area contributed by atoms with E-state index in [2.05, 4.69) is 42.1 Å². The van der Waals surface area contributed by atoms with Crippen molar-refractivity contribution in [2.24, 2.45) is 0 Å². The van der Waals surface area contributed by atoms with Crippen molar-refractivity contribution in [3.8, 4) is 11.5 Å². The monoisotopic (exact) mass is 684 g/mol. The normalized spacial score (nSPS) is 10.5. The van der Waals surface area contributed by atoms with Crippen molar-refractivity contribution < 1.29 is 28.7 Å². The number of ether oxygens (including phenoxy) is 2. The van der Waals surface area contributed by atoms with Crippen LogP contribution in [0.5, 0.6) is 11.5 Å². The lowest BCUT2D eigenvalue weighted by molar-refractivity contribution is 0.0844. The molecule has 0 saturated heterocycles. The molecule has 0 fully saturated rings. The molecule has 0 saturated carbocycles. The van der Waals surface area contributed by atoms with Gasteiger partial charge >= 0.3 is 0 Å². The minimum atomic E-state index is -0.591. The van der Waals surface area contributed by atoms with Crippen LogP contribution in [0, 0.1) is 0 Å². The van der Waals surface area contributed by atoms with E-state index in [1.165, 1.54) is 75.6 Å². The van der Waals surface area contributed by atoms with E-state index < -0.39 is 23.6 Å². The van der Waals surface area contributed by atoms with Crippen LogP contribution < -0.4 is 31.2 Å². The standard InChI is InChI=1S/C40H52N4O6/c1-4-7-9-11-13-15-27-49-34-22-17-31(18-23-34)37(45)41-43-39(47)33-21-26-36(30(6-3)29-33)40(48)44-42-38(46)32-19-24-35(25-20-32)50-28-16-14-12-10-8-5-2/h6,17-26,29H,3-5,7-16,27-28H2,1-2H3,(H,41,45)(H,42,46)(H,43,47)(H,44,48). The number of hydrazine groups is 2. The first kappa shape index (κ1) is 39.3. The molecule has 268 valence electrons. The molecule has 10 heteroatoms. The van der Waals surface area contributed by atoms with E-state index >= 15 is 0 Å². The minimum Gasteiger partial charge on any atom is -0.494 e. The molecule has 50 heavy (non-hydrogen) atoms. The zero-order chi connectivity index (χ0) is 36.0. The summed E-state index contributed by atoms with van der Waals surface area (Å²) >= 11 is 0. The van der Waals surface area contributed by atoms with Gasteiger partial charge in [0.1, 0.15) is 11.5 Å². The van der Waals surface area contributed by atoms with Crippen LogP contribution in [0.4, 0.5) is 0 Å². The second kappa shape index (κ2) is 22.5. The summed E-state index contributed by atoms with van der Waals surface area (Å²) in [6.45, 7) is 9.38. The highest BCUT2D eigenvalue weighted by Crippen LogP contribution is 2.16. The molecule has 4 N–H and O–H groups in total. The van der Waals surface area contributed by atoms with E-state index in [0.717, 1.165) is 25.7 Å². The Labute approximate surface area is 296 Å². The topological polar surface area (TPSA) is 135 Å². The number of benzene rings is 3. The summed E-state index contributed by atoms with van der Waals surface area (Å²) in [5.74, 6) is -0.809. The molecule has 3 aromatic rings. The summed E-state index contributed by atoms with van der Waals surface area (Å²) in [5, 5.41) is 0. The zero-order valence-corrected chi connectivity index (χ0v) is 29.5. The van der Waals surface area contributed by atoms with Gasteiger partial charge < -0.3 is 9.47 Å². The van der Waals surface area contributed by atoms with Crippen LogP contribution in [-0.4, -0.2) is 36.8 Å². The van der Waals surface area contributed by atoms with E-state index in [4.69, 9.17) is 9.47 Å². The molecular weight excluding hydrogens is 632 g/mol. The van der Waals surface area contributed by atoms with Gasteiger partial charge in [0, 0.05) is 22.3 Å². The van der Waals surface area contributed by atoms with Crippen LogP contribution in [0.25, 0.3) is 6.08 Å². The quantitative estimate of drug-likeness (QED) is 0.0665. The molecule has 3 aromatic carbocycles. The Kier molecular flexibility index (Phi) is 17.7. The van der Waals surface area contributed by atoms with E-state index in [1.807, 2.05) is 0 Å². The van der Waals surface area contributed by atoms with Gasteiger partial charge in [0.05, 0.1) is 13.2 Å². The first-order valence-corrected chi connectivity index (χ1v) is 17.8. The molecule has 10 nitrogen and oxygen atoms in total. The molecule has 4 amide bonds. The van der Waals surface area contributed by atoms with Crippen molar-refractivity contribution >= 4 is 29.7 Å². The molecular formula is C40H52N4O6. The van der Waals surface area contributed by atoms with Crippen molar-refractivity contribution in [3.05, 3.63) is 101 Å². The third kappa shape index (κ3) is 13.8. The summed E-state index contributed by atoms with van der Waals surface area (Å²) in [7, 11) is 0. The van der Waals surface area contributed by atoms with Crippen LogP contribution in [0.1, 0.15) is 138 Å². The van der Waals surface area contributed by atoms with Gasteiger partial charge in [0.2, 0.25) is 0 Å². The molecule has 0 unspecified atom stereocenters. The highest BCUT2D eigenvalue weighted by Gasteiger charge is 2.16. The van der Waals surface area contributed by atoms with Crippen LogP contribution in [-0.2, 0) is 0 Å². The predicted octanol–water partition coefficient (Wildman–Crippen LogP) is 7.96. The number of carbonyl (C=O) groups is 4. The molecule has 0 bridgehead atoms. The lowest BCUT2D eigenvalue weighted by Gasteiger charge is -2.12. The summed E-state index contributed by atoms with van der Waals surface area (Å²) in [6, 6.07) is 17.7. The molecule has 0 aliphatic rings. The Balaban J connectivity index is 1.42. The second-order valence-corrected chi connectivity index (χ2v) is 12.1. The molecule has 0 spiro atoms. The molecule has 0 aliphatic heterocycles. The van der Waals surface area contributed by atoms with Crippen molar-refractivity contribution in [2.75, 3.05) is 13.2 Å². The van der Waals surface area contributed by atoms with Gasteiger partial charge in [0.15, 0.2) is 0 Å². The Bertz CT molecular complexity index is 1520. The van der Waals surface area contributed by atoms with Crippen LogP contribution in [0.2, 0.25) is 0 Å². The summed E-state index contributed by atoms with van der Waals surface area (Å²) < 4.78 is 11.5. The number of carbonyl (C=O) groups excluding carboxylic acids is 4. The van der Waals surface area contributed by atoms with Gasteiger partial charge in [-0.15, -0.1) is 0 Å². The van der Waals surface area contributed by atoms with Crippen LogP contribution in [0.3, 0.4) is 0 Å². The fraction of sp³-hybridized carbons (Fsp3) is 0.400. The van der Waals surface area contributed by atoms with Crippen molar-refractivity contribution in [3.63, 3.8) is 0 Å². The highest BCUT2D eigenvalue weighted by molar-refractivity contribution is 6.03. The maximum absolute atomic E-state index is 12.9. The smallest absolute Gasteiger partial charge is 0.270 e. The maximum atomic E-state index is 12.9. The Morgan fingerprint density at radius 2 is 0.900 bits per heavy atom. The number of hydrogen-bond donors (Lipinski definition) is 4. The molecule has 0 aliphatic carbocycles. The average Bonchev–Trinajstić information content (AvgIpc) is 3.15. The van der Waals surface area contributed by atoms with Gasteiger partial charge in [-0.05, 0) is 85.1 Å².